The van der Waals surface area contributed by atoms with Crippen LogP contribution in [0.25, 0.3) is 0 Å². The molecule has 4 heteroatoms. The summed E-state index contributed by atoms with van der Waals surface area (Å²) in [7, 11) is 0. The predicted molar refractivity (Wildman–Crippen MR) is 81.9 cm³/mol. The van der Waals surface area contributed by atoms with Crippen LogP contribution in [0.3, 0.4) is 0 Å². The van der Waals surface area contributed by atoms with Gasteiger partial charge < -0.3 is 10.1 Å². The van der Waals surface area contributed by atoms with E-state index in [9.17, 15) is 0 Å². The van der Waals surface area contributed by atoms with E-state index in [0.29, 0.717) is 6.04 Å². The van der Waals surface area contributed by atoms with Crippen LogP contribution in [0.2, 0.25) is 0 Å². The second-order valence-corrected chi connectivity index (χ2v) is 6.94. The smallest absolute Gasteiger partial charge is 0.0779 e. The Bertz CT molecular complexity index is 416. The second kappa shape index (κ2) is 6.04. The van der Waals surface area contributed by atoms with Crippen LogP contribution in [0.4, 0.5) is 0 Å². The van der Waals surface area contributed by atoms with Crippen molar-refractivity contribution < 1.29 is 4.74 Å². The maximum atomic E-state index is 5.79. The summed E-state index contributed by atoms with van der Waals surface area (Å²) in [6.45, 7) is 6.17. The Morgan fingerprint density at radius 1 is 1.44 bits per heavy atom. The van der Waals surface area contributed by atoms with Crippen molar-refractivity contribution in [3.8, 4) is 0 Å². The van der Waals surface area contributed by atoms with Crippen molar-refractivity contribution in [1.29, 1.82) is 0 Å². The van der Waals surface area contributed by atoms with Crippen LogP contribution in [0, 0.1) is 0 Å². The normalized spacial score (nSPS) is 25.3. The van der Waals surface area contributed by atoms with Gasteiger partial charge in [0, 0.05) is 28.1 Å². The Hall–Kier alpha value is 0.1000. The summed E-state index contributed by atoms with van der Waals surface area (Å²) in [6, 6.07) is 6.62. The number of hydrogen-bond donors (Lipinski definition) is 1. The molecule has 1 aromatic rings. The molecule has 100 valence electrons. The molecule has 18 heavy (non-hydrogen) atoms. The van der Waals surface area contributed by atoms with E-state index in [1.165, 1.54) is 12.0 Å². The van der Waals surface area contributed by atoms with Gasteiger partial charge in [0.15, 0.2) is 0 Å². The minimum absolute atomic E-state index is 0.0100. The van der Waals surface area contributed by atoms with Crippen molar-refractivity contribution in [2.75, 3.05) is 13.2 Å². The zero-order chi connectivity index (χ0) is 13.2. The zero-order valence-corrected chi connectivity index (χ0v) is 14.0. The SMILES string of the molecule is CC(NCC1(C)CCCO1)c1ccc(Br)cc1Br. The van der Waals surface area contributed by atoms with Gasteiger partial charge in [0.05, 0.1) is 5.60 Å². The summed E-state index contributed by atoms with van der Waals surface area (Å²) in [5.41, 5.74) is 1.29. The number of halogens is 2. The van der Waals surface area contributed by atoms with Crippen molar-refractivity contribution >= 4 is 31.9 Å². The lowest BCUT2D eigenvalue weighted by molar-refractivity contribution is 0.0191. The molecule has 0 aliphatic carbocycles. The van der Waals surface area contributed by atoms with E-state index in [-0.39, 0.29) is 5.60 Å². The lowest BCUT2D eigenvalue weighted by atomic mass is 10.0. The molecule has 2 unspecified atom stereocenters. The molecule has 1 aliphatic heterocycles. The molecule has 2 rings (SSSR count). The highest BCUT2D eigenvalue weighted by Crippen LogP contribution is 2.28. The molecular weight excluding hydrogens is 358 g/mol. The Kier molecular flexibility index (Phi) is 4.86. The minimum Gasteiger partial charge on any atom is -0.374 e. The number of benzene rings is 1. The van der Waals surface area contributed by atoms with Gasteiger partial charge in [-0.05, 0) is 44.4 Å². The Morgan fingerprint density at radius 3 is 2.83 bits per heavy atom. The van der Waals surface area contributed by atoms with Crippen molar-refractivity contribution in [1.82, 2.24) is 5.32 Å². The van der Waals surface area contributed by atoms with Crippen LogP contribution in [0.1, 0.15) is 38.3 Å². The molecule has 0 radical (unpaired) electrons. The third-order valence-electron chi connectivity index (χ3n) is 3.51. The van der Waals surface area contributed by atoms with Gasteiger partial charge in [-0.15, -0.1) is 0 Å². The summed E-state index contributed by atoms with van der Waals surface area (Å²) in [6.07, 6.45) is 2.32. The van der Waals surface area contributed by atoms with Crippen molar-refractivity contribution in [2.45, 2.75) is 38.3 Å². The van der Waals surface area contributed by atoms with E-state index in [1.807, 2.05) is 0 Å². The molecule has 1 saturated heterocycles. The number of ether oxygens (including phenoxy) is 1. The third-order valence-corrected chi connectivity index (χ3v) is 4.69. The first-order valence-corrected chi connectivity index (χ1v) is 7.91. The van der Waals surface area contributed by atoms with E-state index >= 15 is 0 Å². The summed E-state index contributed by atoms with van der Waals surface area (Å²) >= 11 is 7.09. The molecule has 2 nitrogen and oxygen atoms in total. The van der Waals surface area contributed by atoms with Crippen LogP contribution in [0.15, 0.2) is 27.1 Å². The first-order valence-electron chi connectivity index (χ1n) is 6.32. The first-order chi connectivity index (χ1) is 8.50. The Morgan fingerprint density at radius 2 is 2.22 bits per heavy atom. The van der Waals surface area contributed by atoms with E-state index in [4.69, 9.17) is 4.74 Å². The second-order valence-electron chi connectivity index (χ2n) is 5.17. The largest absolute Gasteiger partial charge is 0.374 e. The lowest BCUT2D eigenvalue weighted by Crippen LogP contribution is -2.38. The highest BCUT2D eigenvalue weighted by molar-refractivity contribution is 9.11. The summed E-state index contributed by atoms with van der Waals surface area (Å²) in [5, 5.41) is 3.57. The highest BCUT2D eigenvalue weighted by atomic mass is 79.9. The van der Waals surface area contributed by atoms with Crippen LogP contribution < -0.4 is 5.32 Å². The molecule has 0 spiro atoms. The van der Waals surface area contributed by atoms with Crippen LogP contribution >= 0.6 is 31.9 Å². The van der Waals surface area contributed by atoms with E-state index in [0.717, 1.165) is 28.5 Å². The lowest BCUT2D eigenvalue weighted by Gasteiger charge is -2.26. The van der Waals surface area contributed by atoms with Crippen LogP contribution in [-0.4, -0.2) is 18.8 Å². The fourth-order valence-corrected chi connectivity index (χ4v) is 3.70. The van der Waals surface area contributed by atoms with Gasteiger partial charge in [-0.1, -0.05) is 37.9 Å². The third kappa shape index (κ3) is 3.56. The molecule has 0 aromatic heterocycles. The molecule has 1 aliphatic rings. The Labute approximate surface area is 126 Å². The zero-order valence-electron chi connectivity index (χ0n) is 10.8. The summed E-state index contributed by atoms with van der Waals surface area (Å²) < 4.78 is 8.02. The summed E-state index contributed by atoms with van der Waals surface area (Å²) in [5.74, 6) is 0. The molecule has 1 aromatic carbocycles. The van der Waals surface area contributed by atoms with Gasteiger partial charge in [-0.25, -0.2) is 0 Å². The van der Waals surface area contributed by atoms with Gasteiger partial charge in [-0.3, -0.25) is 0 Å². The molecule has 2 atom stereocenters. The maximum Gasteiger partial charge on any atom is 0.0779 e. The standard InChI is InChI=1S/C14H19Br2NO/c1-10(12-5-4-11(15)8-13(12)16)17-9-14(2)6-3-7-18-14/h4-5,8,10,17H,3,6-7,9H2,1-2H3. The van der Waals surface area contributed by atoms with Crippen LogP contribution in [-0.2, 0) is 4.74 Å². The molecule has 1 fully saturated rings. The number of rotatable bonds is 4. The minimum atomic E-state index is 0.0100. The first kappa shape index (κ1) is 14.5. The van der Waals surface area contributed by atoms with Crippen molar-refractivity contribution in [3.05, 3.63) is 32.7 Å². The average Bonchev–Trinajstić information content (AvgIpc) is 2.74. The van der Waals surface area contributed by atoms with Crippen LogP contribution in [0.5, 0.6) is 0 Å². The van der Waals surface area contributed by atoms with Gasteiger partial charge in [0.1, 0.15) is 0 Å². The molecule has 0 saturated carbocycles. The quantitative estimate of drug-likeness (QED) is 0.839. The molecule has 0 amide bonds. The highest BCUT2D eigenvalue weighted by Gasteiger charge is 2.29. The predicted octanol–water partition coefficient (Wildman–Crippen LogP) is 4.43. The average molecular weight is 377 g/mol. The van der Waals surface area contributed by atoms with E-state index < -0.39 is 0 Å². The fourth-order valence-electron chi connectivity index (χ4n) is 2.31. The summed E-state index contributed by atoms with van der Waals surface area (Å²) in [4.78, 5) is 0. The topological polar surface area (TPSA) is 21.3 Å². The fraction of sp³-hybridized carbons (Fsp3) is 0.571. The van der Waals surface area contributed by atoms with Crippen molar-refractivity contribution in [2.24, 2.45) is 0 Å². The van der Waals surface area contributed by atoms with Gasteiger partial charge in [-0.2, -0.15) is 0 Å². The molecule has 0 bridgehead atoms. The van der Waals surface area contributed by atoms with Gasteiger partial charge in [0.2, 0.25) is 0 Å². The molecule has 1 heterocycles. The number of nitrogens with one attached hydrogen (secondary N) is 1. The Balaban J connectivity index is 1.97. The van der Waals surface area contributed by atoms with Gasteiger partial charge in [0.25, 0.3) is 0 Å². The molecule has 1 N–H and O–H groups in total. The van der Waals surface area contributed by atoms with Gasteiger partial charge >= 0.3 is 0 Å². The maximum absolute atomic E-state index is 5.79. The monoisotopic (exact) mass is 375 g/mol. The molecular formula is C14H19Br2NO. The number of hydrogen-bond acceptors (Lipinski definition) is 2. The van der Waals surface area contributed by atoms with E-state index in [2.05, 4.69) is 69.2 Å². The van der Waals surface area contributed by atoms with E-state index in [1.54, 1.807) is 0 Å². The van der Waals surface area contributed by atoms with Crippen molar-refractivity contribution in [3.63, 3.8) is 0 Å².